The summed E-state index contributed by atoms with van der Waals surface area (Å²) in [5, 5.41) is 9.00. The monoisotopic (exact) mass is 344 g/mol. The number of ether oxygens (including phenoxy) is 3. The van der Waals surface area contributed by atoms with Gasteiger partial charge < -0.3 is 19.1 Å². The Labute approximate surface area is 148 Å². The van der Waals surface area contributed by atoms with E-state index >= 15 is 0 Å². The molecule has 0 N–H and O–H groups in total. The van der Waals surface area contributed by atoms with E-state index in [0.29, 0.717) is 36.8 Å². The minimum atomic E-state index is -0.0325. The van der Waals surface area contributed by atoms with Crippen LogP contribution in [-0.2, 0) is 9.53 Å². The smallest absolute Gasteiger partial charge is 0.260 e. The zero-order valence-electron chi connectivity index (χ0n) is 14.6. The molecule has 134 valence electrons. The van der Waals surface area contributed by atoms with Crippen LogP contribution in [0, 0.1) is 11.3 Å². The van der Waals surface area contributed by atoms with Gasteiger partial charge in [-0.2, -0.15) is 5.26 Å². The number of nitrogens with zero attached hydrogens (tertiary/aromatic N) is 2. The zero-order chi connectivity index (χ0) is 17.6. The lowest BCUT2D eigenvalue weighted by atomic mass is 9.90. The van der Waals surface area contributed by atoms with Crippen molar-refractivity contribution in [2.75, 3.05) is 26.4 Å². The number of hydrogen-bond acceptors (Lipinski definition) is 5. The fraction of sp³-hybridized carbons (Fsp3) is 0.579. The van der Waals surface area contributed by atoms with Crippen LogP contribution in [0.2, 0.25) is 0 Å². The molecule has 0 unspecified atom stereocenters. The van der Waals surface area contributed by atoms with Crippen molar-refractivity contribution in [2.24, 2.45) is 0 Å². The summed E-state index contributed by atoms with van der Waals surface area (Å²) in [6, 6.07) is 7.22. The summed E-state index contributed by atoms with van der Waals surface area (Å²) in [5.74, 6) is 0.960. The van der Waals surface area contributed by atoms with E-state index in [4.69, 9.17) is 19.5 Å². The number of hydrogen-bond donors (Lipinski definition) is 0. The predicted molar refractivity (Wildman–Crippen MR) is 91.5 cm³/mol. The van der Waals surface area contributed by atoms with Crippen molar-refractivity contribution in [1.29, 1.82) is 5.26 Å². The predicted octanol–water partition coefficient (Wildman–Crippen LogP) is 2.51. The molecule has 1 heterocycles. The van der Waals surface area contributed by atoms with Gasteiger partial charge in [-0.1, -0.05) is 12.8 Å². The summed E-state index contributed by atoms with van der Waals surface area (Å²) in [6.45, 7) is 3.51. The Morgan fingerprint density at radius 1 is 1.32 bits per heavy atom. The number of rotatable bonds is 5. The Morgan fingerprint density at radius 3 is 2.96 bits per heavy atom. The molecule has 0 aromatic heterocycles. The second-order valence-electron chi connectivity index (χ2n) is 6.34. The number of carbonyl (C=O) groups excluding carboxylic acids is 1. The third-order valence-corrected chi connectivity index (χ3v) is 4.78. The molecule has 1 aliphatic carbocycles. The number of carbonyl (C=O) groups is 1. The molecule has 1 aromatic rings. The van der Waals surface area contributed by atoms with Crippen LogP contribution in [-0.4, -0.2) is 49.3 Å². The largest absolute Gasteiger partial charge is 0.490 e. The lowest BCUT2D eigenvalue weighted by Crippen LogP contribution is -2.55. The van der Waals surface area contributed by atoms with Gasteiger partial charge in [-0.25, -0.2) is 0 Å². The van der Waals surface area contributed by atoms with Crippen molar-refractivity contribution in [3.05, 3.63) is 23.8 Å². The maximum Gasteiger partial charge on any atom is 0.260 e. The standard InChI is InChI=1S/C19H24N2O4/c1-2-23-18-11-14(12-20)7-8-17(18)25-13-19(22)21-9-10-24-16-6-4-3-5-15(16)21/h7-8,11,15-16H,2-6,9-10,13H2,1H3/t15-,16-/m1/s1. The van der Waals surface area contributed by atoms with Crippen LogP contribution >= 0.6 is 0 Å². The number of amides is 1. The molecule has 1 aromatic carbocycles. The van der Waals surface area contributed by atoms with Gasteiger partial charge in [0.15, 0.2) is 18.1 Å². The van der Waals surface area contributed by atoms with Gasteiger partial charge in [-0.3, -0.25) is 4.79 Å². The van der Waals surface area contributed by atoms with Gasteiger partial charge in [0.25, 0.3) is 5.91 Å². The minimum absolute atomic E-state index is 0.0213. The van der Waals surface area contributed by atoms with Crippen molar-refractivity contribution < 1.29 is 19.0 Å². The number of fused-ring (bicyclic) bond motifs is 1. The number of benzene rings is 1. The molecule has 0 spiro atoms. The SMILES string of the molecule is CCOc1cc(C#N)ccc1OCC(=O)N1CCO[C@@H]2CCCC[C@H]21. The molecule has 3 rings (SSSR count). The summed E-state index contributed by atoms with van der Waals surface area (Å²) in [6.07, 6.45) is 4.50. The highest BCUT2D eigenvalue weighted by Crippen LogP contribution is 2.30. The fourth-order valence-corrected chi connectivity index (χ4v) is 3.59. The highest BCUT2D eigenvalue weighted by molar-refractivity contribution is 5.78. The second-order valence-corrected chi connectivity index (χ2v) is 6.34. The Hall–Kier alpha value is -2.26. The van der Waals surface area contributed by atoms with E-state index in [1.54, 1.807) is 18.2 Å². The summed E-state index contributed by atoms with van der Waals surface area (Å²) in [4.78, 5) is 14.6. The molecular formula is C19H24N2O4. The molecular weight excluding hydrogens is 320 g/mol. The molecule has 25 heavy (non-hydrogen) atoms. The van der Waals surface area contributed by atoms with Crippen LogP contribution in [0.5, 0.6) is 11.5 Å². The first-order valence-electron chi connectivity index (χ1n) is 8.93. The van der Waals surface area contributed by atoms with Crippen molar-refractivity contribution in [3.8, 4) is 17.6 Å². The van der Waals surface area contributed by atoms with Gasteiger partial charge in [0, 0.05) is 12.6 Å². The van der Waals surface area contributed by atoms with Crippen molar-refractivity contribution >= 4 is 5.91 Å². The van der Waals surface area contributed by atoms with Crippen LogP contribution in [0.15, 0.2) is 18.2 Å². The molecule has 2 aliphatic rings. The molecule has 0 bridgehead atoms. The molecule has 1 saturated heterocycles. The van der Waals surface area contributed by atoms with Crippen molar-refractivity contribution in [2.45, 2.75) is 44.8 Å². The highest BCUT2D eigenvalue weighted by atomic mass is 16.5. The van der Waals surface area contributed by atoms with E-state index in [-0.39, 0.29) is 24.7 Å². The van der Waals surface area contributed by atoms with E-state index in [0.717, 1.165) is 19.3 Å². The molecule has 6 nitrogen and oxygen atoms in total. The Kier molecular flexibility index (Phi) is 5.77. The number of morpholine rings is 1. The zero-order valence-corrected chi connectivity index (χ0v) is 14.6. The first-order chi connectivity index (χ1) is 12.2. The topological polar surface area (TPSA) is 71.8 Å². The van der Waals surface area contributed by atoms with Gasteiger partial charge in [0.1, 0.15) is 0 Å². The van der Waals surface area contributed by atoms with E-state index in [1.165, 1.54) is 6.42 Å². The van der Waals surface area contributed by atoms with Crippen LogP contribution < -0.4 is 9.47 Å². The Balaban J connectivity index is 1.64. The van der Waals surface area contributed by atoms with Gasteiger partial charge in [-0.15, -0.1) is 0 Å². The first-order valence-corrected chi connectivity index (χ1v) is 8.93. The first kappa shape index (κ1) is 17.6. The maximum absolute atomic E-state index is 12.7. The lowest BCUT2D eigenvalue weighted by Gasteiger charge is -2.43. The Bertz CT molecular complexity index is 653. The minimum Gasteiger partial charge on any atom is -0.490 e. The second kappa shape index (κ2) is 8.21. The average molecular weight is 344 g/mol. The van der Waals surface area contributed by atoms with E-state index in [9.17, 15) is 4.79 Å². The third kappa shape index (κ3) is 4.05. The quantitative estimate of drug-likeness (QED) is 0.821. The van der Waals surface area contributed by atoms with Crippen molar-refractivity contribution in [3.63, 3.8) is 0 Å². The van der Waals surface area contributed by atoms with Gasteiger partial charge in [0.2, 0.25) is 0 Å². The maximum atomic E-state index is 12.7. The van der Waals surface area contributed by atoms with Crippen LogP contribution in [0.1, 0.15) is 38.2 Å². The van der Waals surface area contributed by atoms with Crippen LogP contribution in [0.4, 0.5) is 0 Å². The molecule has 0 radical (unpaired) electrons. The number of nitriles is 1. The average Bonchev–Trinajstić information content (AvgIpc) is 2.66. The molecule has 2 atom stereocenters. The Morgan fingerprint density at radius 2 is 2.16 bits per heavy atom. The van der Waals surface area contributed by atoms with E-state index in [1.807, 2.05) is 11.8 Å². The van der Waals surface area contributed by atoms with Crippen LogP contribution in [0.3, 0.4) is 0 Å². The summed E-state index contributed by atoms with van der Waals surface area (Å²) in [7, 11) is 0. The van der Waals surface area contributed by atoms with Gasteiger partial charge in [0.05, 0.1) is 37.0 Å². The summed E-state index contributed by atoms with van der Waals surface area (Å²) >= 11 is 0. The molecule has 1 saturated carbocycles. The van der Waals surface area contributed by atoms with E-state index < -0.39 is 0 Å². The van der Waals surface area contributed by atoms with Gasteiger partial charge in [-0.05, 0) is 31.9 Å². The van der Waals surface area contributed by atoms with E-state index in [2.05, 4.69) is 6.07 Å². The summed E-state index contributed by atoms with van der Waals surface area (Å²) in [5.41, 5.74) is 0.500. The molecule has 1 amide bonds. The molecule has 2 fully saturated rings. The van der Waals surface area contributed by atoms with Crippen molar-refractivity contribution in [1.82, 2.24) is 4.90 Å². The molecule has 1 aliphatic heterocycles. The molecule has 6 heteroatoms. The van der Waals surface area contributed by atoms with Crippen LogP contribution in [0.25, 0.3) is 0 Å². The highest BCUT2D eigenvalue weighted by Gasteiger charge is 2.36. The normalized spacial score (nSPS) is 22.6. The third-order valence-electron chi connectivity index (χ3n) is 4.78. The lowest BCUT2D eigenvalue weighted by molar-refractivity contribution is -0.151. The van der Waals surface area contributed by atoms with Gasteiger partial charge >= 0.3 is 0 Å². The fourth-order valence-electron chi connectivity index (χ4n) is 3.59. The summed E-state index contributed by atoms with van der Waals surface area (Å²) < 4.78 is 17.1.